The fourth-order valence-electron chi connectivity index (χ4n) is 2.64. The maximum Gasteiger partial charge on any atom is 0.426 e. The predicted molar refractivity (Wildman–Crippen MR) is 86.1 cm³/mol. The zero-order valence-corrected chi connectivity index (χ0v) is 14.5. The Morgan fingerprint density at radius 1 is 1.23 bits per heavy atom. The Bertz CT molecular complexity index is 649. The summed E-state index contributed by atoms with van der Waals surface area (Å²) in [4.78, 5) is 26.5. The van der Waals surface area contributed by atoms with Crippen LogP contribution in [0.4, 0.5) is 18.0 Å². The topological polar surface area (TPSA) is 70.1 Å². The first-order chi connectivity index (χ1) is 12.0. The molecule has 1 aliphatic heterocycles. The highest BCUT2D eigenvalue weighted by atomic mass is 19.4. The average molecular weight is 374 g/mol. The van der Waals surface area contributed by atoms with Gasteiger partial charge >= 0.3 is 12.3 Å². The van der Waals surface area contributed by atoms with Crippen LogP contribution in [-0.2, 0) is 16.1 Å². The predicted octanol–water partition coefficient (Wildman–Crippen LogP) is 2.17. The first-order valence-electron chi connectivity index (χ1n) is 8.10. The van der Waals surface area contributed by atoms with Gasteiger partial charge in [0.1, 0.15) is 6.61 Å². The van der Waals surface area contributed by atoms with Gasteiger partial charge in [0, 0.05) is 25.7 Å². The molecule has 144 valence electrons. The Morgan fingerprint density at radius 2 is 1.85 bits per heavy atom. The summed E-state index contributed by atoms with van der Waals surface area (Å²) in [5.41, 5.74) is -2.65. The molecule has 1 aromatic rings. The third-order valence-electron chi connectivity index (χ3n) is 4.32. The largest absolute Gasteiger partial charge is 0.445 e. The number of carbonyl (C=O) groups excluding carboxylic acids is 2. The van der Waals surface area contributed by atoms with E-state index in [1.165, 1.54) is 4.90 Å². The van der Waals surface area contributed by atoms with Crippen LogP contribution in [0.5, 0.6) is 0 Å². The highest BCUT2D eigenvalue weighted by Crippen LogP contribution is 2.32. The number of amides is 2. The third kappa shape index (κ3) is 4.27. The second-order valence-electron chi connectivity index (χ2n) is 6.40. The summed E-state index contributed by atoms with van der Waals surface area (Å²) in [5.74, 6) is -1.42. The summed E-state index contributed by atoms with van der Waals surface area (Å²) in [5, 5.41) is 9.52. The monoisotopic (exact) mass is 374 g/mol. The van der Waals surface area contributed by atoms with Gasteiger partial charge < -0.3 is 19.6 Å². The fraction of sp³-hybridized carbons (Fsp3) is 0.529. The van der Waals surface area contributed by atoms with E-state index in [1.54, 1.807) is 19.1 Å². The van der Waals surface area contributed by atoms with Gasteiger partial charge in [-0.3, -0.25) is 4.79 Å². The molecular weight excluding hydrogens is 353 g/mol. The first-order valence-corrected chi connectivity index (χ1v) is 8.10. The van der Waals surface area contributed by atoms with Gasteiger partial charge in [0.2, 0.25) is 5.60 Å². The second kappa shape index (κ2) is 7.53. The van der Waals surface area contributed by atoms with Gasteiger partial charge in [0.05, 0.1) is 0 Å². The molecule has 26 heavy (non-hydrogen) atoms. The maximum absolute atomic E-state index is 12.8. The minimum atomic E-state index is -5.07. The van der Waals surface area contributed by atoms with E-state index >= 15 is 0 Å². The van der Waals surface area contributed by atoms with Crippen molar-refractivity contribution in [3.05, 3.63) is 35.9 Å². The molecule has 1 aromatic carbocycles. The minimum Gasteiger partial charge on any atom is -0.445 e. The lowest BCUT2D eigenvalue weighted by Gasteiger charge is -2.41. The second-order valence-corrected chi connectivity index (χ2v) is 6.40. The van der Waals surface area contributed by atoms with Crippen molar-refractivity contribution in [3.8, 4) is 0 Å². The van der Waals surface area contributed by atoms with Crippen LogP contribution in [-0.4, -0.2) is 64.4 Å². The van der Waals surface area contributed by atoms with Crippen molar-refractivity contribution in [1.29, 1.82) is 0 Å². The average Bonchev–Trinajstić information content (AvgIpc) is 2.58. The van der Waals surface area contributed by atoms with Gasteiger partial charge in [-0.15, -0.1) is 0 Å². The number of ether oxygens (including phenoxy) is 1. The summed E-state index contributed by atoms with van der Waals surface area (Å²) < 4.78 is 43.7. The number of alkyl halides is 3. The molecule has 2 amide bonds. The molecule has 1 heterocycles. The van der Waals surface area contributed by atoms with E-state index in [4.69, 9.17) is 4.74 Å². The Hall–Kier alpha value is -2.29. The molecule has 0 aliphatic carbocycles. The summed E-state index contributed by atoms with van der Waals surface area (Å²) in [6.45, 7) is 1.90. The van der Waals surface area contributed by atoms with Crippen molar-refractivity contribution in [1.82, 2.24) is 9.80 Å². The van der Waals surface area contributed by atoms with Crippen LogP contribution in [0.25, 0.3) is 0 Å². The Labute approximate surface area is 149 Å². The normalized spacial score (nSPS) is 20.5. The third-order valence-corrected chi connectivity index (χ3v) is 4.32. The lowest BCUT2D eigenvalue weighted by atomic mass is 10.0. The van der Waals surface area contributed by atoms with Crippen LogP contribution in [0.15, 0.2) is 30.3 Å². The fourth-order valence-corrected chi connectivity index (χ4v) is 2.64. The number of halogens is 3. The number of hydrogen-bond donors (Lipinski definition) is 1. The molecule has 0 radical (unpaired) electrons. The van der Waals surface area contributed by atoms with Crippen LogP contribution >= 0.6 is 0 Å². The zero-order valence-electron chi connectivity index (χ0n) is 14.5. The number of aliphatic hydroxyl groups is 1. The van der Waals surface area contributed by atoms with E-state index in [0.717, 1.165) is 10.5 Å². The van der Waals surface area contributed by atoms with Crippen molar-refractivity contribution in [2.45, 2.75) is 38.3 Å². The molecule has 0 bridgehead atoms. The van der Waals surface area contributed by atoms with Gasteiger partial charge in [0.15, 0.2) is 0 Å². The van der Waals surface area contributed by atoms with Crippen molar-refractivity contribution in [2.24, 2.45) is 0 Å². The molecule has 2 rings (SSSR count). The van der Waals surface area contributed by atoms with Crippen molar-refractivity contribution in [3.63, 3.8) is 0 Å². The highest BCUT2D eigenvalue weighted by Gasteiger charge is 2.57. The van der Waals surface area contributed by atoms with Gasteiger partial charge in [-0.1, -0.05) is 30.3 Å². The van der Waals surface area contributed by atoms with Crippen LogP contribution in [0.2, 0.25) is 0 Å². The Morgan fingerprint density at radius 3 is 2.38 bits per heavy atom. The number of carbonyl (C=O) groups is 2. The molecule has 0 spiro atoms. The quantitative estimate of drug-likeness (QED) is 0.880. The van der Waals surface area contributed by atoms with Crippen LogP contribution < -0.4 is 0 Å². The smallest absolute Gasteiger partial charge is 0.426 e. The molecule has 2 unspecified atom stereocenters. The van der Waals surface area contributed by atoms with Gasteiger partial charge in [-0.05, 0) is 19.4 Å². The van der Waals surface area contributed by atoms with Gasteiger partial charge in [-0.2, -0.15) is 13.2 Å². The molecule has 0 saturated carbocycles. The number of hydrogen-bond acceptors (Lipinski definition) is 4. The van der Waals surface area contributed by atoms with E-state index in [9.17, 15) is 27.9 Å². The number of rotatable bonds is 3. The molecule has 1 aliphatic rings. The standard InChI is InChI=1S/C17H21F3N2O4/c1-12-10-21(14(23)16(2,25)17(18,19)20)8-9-22(12)15(24)26-11-13-6-4-3-5-7-13/h3-7,12,25H,8-11H2,1-2H3. The molecule has 9 heteroatoms. The van der Waals surface area contributed by atoms with Crippen molar-refractivity contribution < 1.29 is 32.6 Å². The number of benzene rings is 1. The van der Waals surface area contributed by atoms with E-state index in [1.807, 2.05) is 18.2 Å². The Balaban J connectivity index is 1.93. The molecule has 0 aromatic heterocycles. The van der Waals surface area contributed by atoms with Crippen LogP contribution in [0.3, 0.4) is 0 Å². The molecule has 1 fully saturated rings. The van der Waals surface area contributed by atoms with E-state index in [2.05, 4.69) is 0 Å². The highest BCUT2D eigenvalue weighted by molar-refractivity contribution is 5.85. The zero-order chi connectivity index (χ0) is 19.5. The maximum atomic E-state index is 12.8. The number of piperazine rings is 1. The molecule has 1 saturated heterocycles. The Kier molecular flexibility index (Phi) is 5.80. The van der Waals surface area contributed by atoms with Crippen molar-refractivity contribution in [2.75, 3.05) is 19.6 Å². The lowest BCUT2D eigenvalue weighted by Crippen LogP contribution is -2.62. The summed E-state index contributed by atoms with van der Waals surface area (Å²) in [6, 6.07) is 8.50. The summed E-state index contributed by atoms with van der Waals surface area (Å²) in [7, 11) is 0. The molecule has 1 N–H and O–H groups in total. The SMILES string of the molecule is CC1CN(C(=O)C(C)(O)C(F)(F)F)CCN1C(=O)OCc1ccccc1. The molecular formula is C17H21F3N2O4. The van der Waals surface area contributed by atoms with Crippen LogP contribution in [0.1, 0.15) is 19.4 Å². The van der Waals surface area contributed by atoms with Gasteiger partial charge in [0.25, 0.3) is 5.91 Å². The minimum absolute atomic E-state index is 0.0223. The van der Waals surface area contributed by atoms with E-state index in [0.29, 0.717) is 6.92 Å². The van der Waals surface area contributed by atoms with Gasteiger partial charge in [-0.25, -0.2) is 4.79 Å². The summed E-state index contributed by atoms with van der Waals surface area (Å²) >= 11 is 0. The number of nitrogens with zero attached hydrogens (tertiary/aromatic N) is 2. The lowest BCUT2D eigenvalue weighted by molar-refractivity contribution is -0.251. The summed E-state index contributed by atoms with van der Waals surface area (Å²) in [6.07, 6.45) is -5.67. The first kappa shape index (κ1) is 20.0. The van der Waals surface area contributed by atoms with E-state index in [-0.39, 0.29) is 26.2 Å². The molecule has 6 nitrogen and oxygen atoms in total. The van der Waals surface area contributed by atoms with E-state index < -0.39 is 29.8 Å². The van der Waals surface area contributed by atoms with Crippen molar-refractivity contribution >= 4 is 12.0 Å². The van der Waals surface area contributed by atoms with Crippen LogP contribution in [0, 0.1) is 0 Å². The molecule has 2 atom stereocenters.